The topological polar surface area (TPSA) is 40.5 Å². The summed E-state index contributed by atoms with van der Waals surface area (Å²) in [5, 5.41) is 19.3. The smallest absolute Gasteiger partial charge is 0.0479 e. The summed E-state index contributed by atoms with van der Waals surface area (Å²) < 4.78 is 0. The van der Waals surface area contributed by atoms with Gasteiger partial charge in [-0.15, -0.1) is 11.3 Å². The molecule has 0 aliphatic rings. The second-order valence-electron chi connectivity index (χ2n) is 2.32. The molecule has 0 spiro atoms. The van der Waals surface area contributed by atoms with Crippen LogP contribution >= 0.6 is 11.3 Å². The Morgan fingerprint density at radius 1 is 1.18 bits per heavy atom. The summed E-state index contributed by atoms with van der Waals surface area (Å²) in [7, 11) is 0. The van der Waals surface area contributed by atoms with Crippen molar-refractivity contribution in [2.75, 3.05) is 13.2 Å². The van der Waals surface area contributed by atoms with Gasteiger partial charge in [0, 0.05) is 24.5 Å². The lowest BCUT2D eigenvalue weighted by Crippen LogP contribution is -1.95. The Morgan fingerprint density at radius 2 is 1.91 bits per heavy atom. The SMILES string of the molecule is OCCc1ccsc1CCO. The van der Waals surface area contributed by atoms with Gasteiger partial charge in [0.25, 0.3) is 0 Å². The van der Waals surface area contributed by atoms with Crippen LogP contribution in [0.3, 0.4) is 0 Å². The molecule has 0 saturated carbocycles. The van der Waals surface area contributed by atoms with E-state index in [1.165, 1.54) is 10.4 Å². The van der Waals surface area contributed by atoms with Crippen LogP contribution in [0.15, 0.2) is 11.4 Å². The first-order valence-electron chi connectivity index (χ1n) is 3.65. The van der Waals surface area contributed by atoms with Crippen LogP contribution in [0.1, 0.15) is 10.4 Å². The van der Waals surface area contributed by atoms with Gasteiger partial charge in [-0.25, -0.2) is 0 Å². The molecule has 1 aromatic heterocycles. The highest BCUT2D eigenvalue weighted by molar-refractivity contribution is 7.10. The molecule has 0 atom stereocenters. The van der Waals surface area contributed by atoms with Gasteiger partial charge >= 0.3 is 0 Å². The monoisotopic (exact) mass is 172 g/mol. The van der Waals surface area contributed by atoms with E-state index >= 15 is 0 Å². The van der Waals surface area contributed by atoms with E-state index in [2.05, 4.69) is 0 Å². The average Bonchev–Trinajstić information content (AvgIpc) is 2.39. The summed E-state index contributed by atoms with van der Waals surface area (Å²) >= 11 is 1.64. The van der Waals surface area contributed by atoms with Crippen molar-refractivity contribution in [3.8, 4) is 0 Å². The first kappa shape index (κ1) is 8.71. The number of aliphatic hydroxyl groups is 2. The van der Waals surface area contributed by atoms with E-state index in [-0.39, 0.29) is 13.2 Å². The first-order chi connectivity index (χ1) is 5.38. The largest absolute Gasteiger partial charge is 0.396 e. The van der Waals surface area contributed by atoms with E-state index in [1.54, 1.807) is 11.3 Å². The fourth-order valence-corrected chi connectivity index (χ4v) is 1.96. The molecule has 0 fully saturated rings. The molecule has 3 heteroatoms. The molecule has 0 amide bonds. The van der Waals surface area contributed by atoms with Gasteiger partial charge in [0.1, 0.15) is 0 Å². The predicted molar refractivity (Wildman–Crippen MR) is 45.9 cm³/mol. The minimum Gasteiger partial charge on any atom is -0.396 e. The van der Waals surface area contributed by atoms with Crippen molar-refractivity contribution in [1.82, 2.24) is 0 Å². The second kappa shape index (κ2) is 4.49. The standard InChI is InChI=1S/C8H12O2S/c9-4-1-7-3-6-11-8(7)2-5-10/h3,6,9-10H,1-2,4-5H2. The Morgan fingerprint density at radius 3 is 2.55 bits per heavy atom. The van der Waals surface area contributed by atoms with Gasteiger partial charge in [-0.05, 0) is 23.4 Å². The molecule has 1 heterocycles. The fourth-order valence-electron chi connectivity index (χ4n) is 1.03. The van der Waals surface area contributed by atoms with Crippen molar-refractivity contribution in [2.45, 2.75) is 12.8 Å². The molecule has 0 saturated heterocycles. The van der Waals surface area contributed by atoms with Crippen LogP contribution in [0, 0.1) is 0 Å². The number of hydrogen-bond donors (Lipinski definition) is 2. The molecule has 0 aromatic carbocycles. The molecular weight excluding hydrogens is 160 g/mol. The highest BCUT2D eigenvalue weighted by Gasteiger charge is 2.01. The quantitative estimate of drug-likeness (QED) is 0.706. The number of hydrogen-bond acceptors (Lipinski definition) is 3. The summed E-state index contributed by atoms with van der Waals surface area (Å²) in [5.41, 5.74) is 1.17. The average molecular weight is 172 g/mol. The molecule has 11 heavy (non-hydrogen) atoms. The number of thiophene rings is 1. The molecule has 0 aliphatic heterocycles. The van der Waals surface area contributed by atoms with E-state index in [0.717, 1.165) is 0 Å². The van der Waals surface area contributed by atoms with E-state index < -0.39 is 0 Å². The molecular formula is C8H12O2S. The summed E-state index contributed by atoms with van der Waals surface area (Å²) in [6.45, 7) is 0.383. The lowest BCUT2D eigenvalue weighted by molar-refractivity contribution is 0.294. The number of aliphatic hydroxyl groups excluding tert-OH is 2. The minimum absolute atomic E-state index is 0.190. The van der Waals surface area contributed by atoms with Crippen molar-refractivity contribution >= 4 is 11.3 Å². The van der Waals surface area contributed by atoms with Crippen LogP contribution in [-0.4, -0.2) is 23.4 Å². The van der Waals surface area contributed by atoms with Crippen LogP contribution in [0.2, 0.25) is 0 Å². The van der Waals surface area contributed by atoms with Crippen molar-refractivity contribution in [2.24, 2.45) is 0 Å². The maximum absolute atomic E-state index is 8.67. The van der Waals surface area contributed by atoms with Crippen molar-refractivity contribution in [3.05, 3.63) is 21.9 Å². The zero-order valence-corrected chi connectivity index (χ0v) is 7.10. The van der Waals surface area contributed by atoms with Gasteiger partial charge in [0.15, 0.2) is 0 Å². The van der Waals surface area contributed by atoms with Crippen molar-refractivity contribution in [3.63, 3.8) is 0 Å². The Balaban J connectivity index is 2.62. The maximum Gasteiger partial charge on any atom is 0.0479 e. The van der Waals surface area contributed by atoms with Crippen LogP contribution < -0.4 is 0 Å². The molecule has 2 N–H and O–H groups in total. The summed E-state index contributed by atoms with van der Waals surface area (Å²) in [5.74, 6) is 0. The molecule has 0 aliphatic carbocycles. The van der Waals surface area contributed by atoms with Crippen LogP contribution in [0.25, 0.3) is 0 Å². The fraction of sp³-hybridized carbons (Fsp3) is 0.500. The Kier molecular flexibility index (Phi) is 3.56. The van der Waals surface area contributed by atoms with Gasteiger partial charge < -0.3 is 10.2 Å². The molecule has 62 valence electrons. The Bertz CT molecular complexity index is 187. The Labute approximate surface area is 70.1 Å². The van der Waals surface area contributed by atoms with Gasteiger partial charge in [-0.1, -0.05) is 0 Å². The molecule has 1 aromatic rings. The van der Waals surface area contributed by atoms with E-state index in [4.69, 9.17) is 10.2 Å². The maximum atomic E-state index is 8.67. The van der Waals surface area contributed by atoms with Crippen LogP contribution in [-0.2, 0) is 12.8 Å². The molecule has 1 rings (SSSR count). The summed E-state index contributed by atoms with van der Waals surface area (Å²) in [4.78, 5) is 1.20. The van der Waals surface area contributed by atoms with Crippen molar-refractivity contribution in [1.29, 1.82) is 0 Å². The normalized spacial score (nSPS) is 10.4. The lowest BCUT2D eigenvalue weighted by Gasteiger charge is -1.98. The Hall–Kier alpha value is -0.380. The van der Waals surface area contributed by atoms with Crippen molar-refractivity contribution < 1.29 is 10.2 Å². The van der Waals surface area contributed by atoms with Crippen LogP contribution in [0.4, 0.5) is 0 Å². The van der Waals surface area contributed by atoms with E-state index in [1.807, 2.05) is 11.4 Å². The summed E-state index contributed by atoms with van der Waals surface area (Å²) in [6.07, 6.45) is 1.42. The highest BCUT2D eigenvalue weighted by Crippen LogP contribution is 2.17. The van der Waals surface area contributed by atoms with Gasteiger partial charge in [0.2, 0.25) is 0 Å². The van der Waals surface area contributed by atoms with E-state index in [9.17, 15) is 0 Å². The van der Waals surface area contributed by atoms with Gasteiger partial charge in [0.05, 0.1) is 0 Å². The third kappa shape index (κ3) is 2.29. The molecule has 0 unspecified atom stereocenters. The van der Waals surface area contributed by atoms with Gasteiger partial charge in [-0.3, -0.25) is 0 Å². The van der Waals surface area contributed by atoms with E-state index in [0.29, 0.717) is 12.8 Å². The summed E-state index contributed by atoms with van der Waals surface area (Å²) in [6, 6.07) is 2.01. The highest BCUT2D eigenvalue weighted by atomic mass is 32.1. The molecule has 0 radical (unpaired) electrons. The second-order valence-corrected chi connectivity index (χ2v) is 3.32. The number of rotatable bonds is 4. The third-order valence-electron chi connectivity index (χ3n) is 1.56. The molecule has 2 nitrogen and oxygen atoms in total. The zero-order valence-electron chi connectivity index (χ0n) is 6.29. The lowest BCUT2D eigenvalue weighted by atomic mass is 10.2. The predicted octanol–water partition coefficient (Wildman–Crippen LogP) is 0.818. The third-order valence-corrected chi connectivity index (χ3v) is 2.58. The first-order valence-corrected chi connectivity index (χ1v) is 4.53. The molecule has 0 bridgehead atoms. The minimum atomic E-state index is 0.190. The van der Waals surface area contributed by atoms with Crippen LogP contribution in [0.5, 0.6) is 0 Å². The zero-order chi connectivity index (χ0) is 8.10. The van der Waals surface area contributed by atoms with Gasteiger partial charge in [-0.2, -0.15) is 0 Å².